The third kappa shape index (κ3) is 4.33. The first-order valence-electron chi connectivity index (χ1n) is 12.8. The Labute approximate surface area is 234 Å². The van der Waals surface area contributed by atoms with Crippen LogP contribution in [0, 0.1) is 0 Å². The van der Waals surface area contributed by atoms with Gasteiger partial charge < -0.3 is 43.6 Å². The summed E-state index contributed by atoms with van der Waals surface area (Å²) in [7, 11) is 5.52. The summed E-state index contributed by atoms with van der Waals surface area (Å²) in [6.45, 7) is 5.39. The fourth-order valence-corrected chi connectivity index (χ4v) is 5.73. The summed E-state index contributed by atoms with van der Waals surface area (Å²) in [5, 5.41) is 35.0. The van der Waals surface area contributed by atoms with Gasteiger partial charge in [0.15, 0.2) is 0 Å². The van der Waals surface area contributed by atoms with Crippen molar-refractivity contribution in [2.75, 3.05) is 28.4 Å². The predicted octanol–water partition coefficient (Wildman–Crippen LogP) is 3.71. The van der Waals surface area contributed by atoms with Crippen LogP contribution in [0.5, 0.6) is 17.2 Å². The highest BCUT2D eigenvalue weighted by Crippen LogP contribution is 2.47. The highest BCUT2D eigenvalue weighted by Gasteiger charge is 2.47. The van der Waals surface area contributed by atoms with Crippen LogP contribution in [0.1, 0.15) is 24.2 Å². The molecule has 0 bridgehead atoms. The van der Waals surface area contributed by atoms with Crippen LogP contribution in [0.2, 0.25) is 0 Å². The molecular weight excluding hydrogens is 534 g/mol. The van der Waals surface area contributed by atoms with Gasteiger partial charge in [-0.2, -0.15) is 0 Å². The zero-order chi connectivity index (χ0) is 29.7. The highest BCUT2D eigenvalue weighted by molar-refractivity contribution is 6.19. The van der Waals surface area contributed by atoms with Gasteiger partial charge in [0, 0.05) is 23.2 Å². The van der Waals surface area contributed by atoms with Gasteiger partial charge in [0.05, 0.1) is 44.2 Å². The number of amides is 1. The Balaban J connectivity index is 1.89. The molecule has 5 atom stereocenters. The summed E-state index contributed by atoms with van der Waals surface area (Å²) in [4.78, 5) is 26.9. The third-order valence-corrected chi connectivity index (χ3v) is 7.76. The quantitative estimate of drug-likeness (QED) is 0.242. The second-order valence-electron chi connectivity index (χ2n) is 9.93. The molecule has 3 aromatic carbocycles. The van der Waals surface area contributed by atoms with Crippen molar-refractivity contribution in [3.05, 3.63) is 58.5 Å². The minimum Gasteiger partial charge on any atom is -0.507 e. The second kappa shape index (κ2) is 10.6. The number of carbonyl (C=O) groups excluding carboxylic acids is 1. The Morgan fingerprint density at radius 2 is 1.68 bits per heavy atom. The largest absolute Gasteiger partial charge is 0.507 e. The van der Waals surface area contributed by atoms with Crippen molar-refractivity contribution in [1.82, 2.24) is 4.90 Å². The number of aliphatic hydroxyl groups excluding tert-OH is 2. The molecule has 1 saturated heterocycles. The number of carbonyl (C=O) groups is 1. The van der Waals surface area contributed by atoms with Gasteiger partial charge in [-0.25, -0.2) is 9.59 Å². The number of fused-ring (bicyclic) bond motifs is 5. The summed E-state index contributed by atoms with van der Waals surface area (Å²) in [5.41, 5.74) is 0.424. The number of ether oxygens (including phenoxy) is 4. The maximum atomic E-state index is 13.4. The molecule has 216 valence electrons. The summed E-state index contributed by atoms with van der Waals surface area (Å²) in [6.07, 6.45) is -3.82. The van der Waals surface area contributed by atoms with Crippen molar-refractivity contribution in [3.8, 4) is 17.2 Å². The van der Waals surface area contributed by atoms with Crippen LogP contribution in [-0.2, 0) is 9.47 Å². The molecule has 0 spiro atoms. The lowest BCUT2D eigenvalue weighted by Crippen LogP contribution is -2.61. The molecule has 1 fully saturated rings. The molecule has 1 amide bonds. The van der Waals surface area contributed by atoms with E-state index >= 15 is 0 Å². The zero-order valence-electron chi connectivity index (χ0n) is 23.2. The molecular formula is C30H31NO10. The van der Waals surface area contributed by atoms with Crippen LogP contribution in [0.4, 0.5) is 4.79 Å². The first-order valence-corrected chi connectivity index (χ1v) is 12.8. The van der Waals surface area contributed by atoms with E-state index in [9.17, 15) is 24.9 Å². The number of phenolic OH excluding ortho intramolecular Hbond substituents is 1. The number of hydrogen-bond acceptors (Lipinski definition) is 10. The molecule has 1 aliphatic rings. The summed E-state index contributed by atoms with van der Waals surface area (Å²) >= 11 is 0. The van der Waals surface area contributed by atoms with E-state index < -0.39 is 42.2 Å². The van der Waals surface area contributed by atoms with Gasteiger partial charge in [0.1, 0.15) is 41.1 Å². The van der Waals surface area contributed by atoms with Crippen LogP contribution in [0.25, 0.3) is 38.6 Å². The minimum absolute atomic E-state index is 0.0984. The Morgan fingerprint density at radius 1 is 1.00 bits per heavy atom. The fraction of sp³-hybridized carbons (Fsp3) is 0.333. The number of likely N-dealkylation sites (N-methyl/N-ethyl adjacent to an activating group) is 1. The molecule has 5 rings (SSSR count). The number of nitrogens with zero attached hydrogens (tertiary/aromatic N) is 1. The van der Waals surface area contributed by atoms with Gasteiger partial charge in [-0.05, 0) is 42.3 Å². The highest BCUT2D eigenvalue weighted by atomic mass is 16.5. The molecule has 1 aromatic heterocycles. The molecule has 4 aromatic rings. The molecule has 0 unspecified atom stereocenters. The van der Waals surface area contributed by atoms with Crippen molar-refractivity contribution < 1.29 is 43.5 Å². The lowest BCUT2D eigenvalue weighted by molar-refractivity contribution is -0.196. The molecule has 0 aliphatic carbocycles. The monoisotopic (exact) mass is 565 g/mol. The Kier molecular flexibility index (Phi) is 7.28. The van der Waals surface area contributed by atoms with Gasteiger partial charge in [-0.15, -0.1) is 0 Å². The molecule has 0 saturated carbocycles. The molecule has 41 heavy (non-hydrogen) atoms. The van der Waals surface area contributed by atoms with E-state index in [-0.39, 0.29) is 33.2 Å². The Morgan fingerprint density at radius 3 is 2.32 bits per heavy atom. The molecule has 2 heterocycles. The maximum Gasteiger partial charge on any atom is 0.409 e. The number of hydrogen-bond donors (Lipinski definition) is 3. The van der Waals surface area contributed by atoms with E-state index in [0.29, 0.717) is 27.6 Å². The molecule has 11 nitrogen and oxygen atoms in total. The van der Waals surface area contributed by atoms with Crippen LogP contribution >= 0.6 is 0 Å². The van der Waals surface area contributed by atoms with Gasteiger partial charge >= 0.3 is 11.7 Å². The van der Waals surface area contributed by atoms with E-state index in [0.717, 1.165) is 4.90 Å². The molecule has 11 heteroatoms. The normalized spacial score (nSPS) is 22.6. The fourth-order valence-electron chi connectivity index (χ4n) is 5.73. The first-order chi connectivity index (χ1) is 19.6. The predicted molar refractivity (Wildman–Crippen MR) is 152 cm³/mol. The van der Waals surface area contributed by atoms with Crippen LogP contribution < -0.4 is 15.1 Å². The van der Waals surface area contributed by atoms with Gasteiger partial charge in [-0.3, -0.25) is 0 Å². The van der Waals surface area contributed by atoms with Gasteiger partial charge in [0.25, 0.3) is 0 Å². The number of rotatable bonds is 5. The standard InChI is InChI=1S/C30H31NO10/c1-7-14-10-17-21(19(11-14)37-4)16-12-20(38-5)23-18(32)9-8-15(22(23)27(16)41-29(17)35)28-26(34)24(25(33)13(2)40-28)31(3)30(36)39-6/h7-13,24-26,28,32-34H,1H2,2-6H3/t13-,24+,25+,26-,28+/m1/s1. The van der Waals surface area contributed by atoms with Gasteiger partial charge in [-0.1, -0.05) is 18.7 Å². The van der Waals surface area contributed by atoms with E-state index in [2.05, 4.69) is 6.58 Å². The minimum atomic E-state index is -1.45. The number of aliphatic hydroxyl groups is 2. The summed E-state index contributed by atoms with van der Waals surface area (Å²) < 4.78 is 28.1. The van der Waals surface area contributed by atoms with Crippen LogP contribution in [-0.4, -0.2) is 79.0 Å². The lowest BCUT2D eigenvalue weighted by Gasteiger charge is -2.45. The van der Waals surface area contributed by atoms with Crippen molar-refractivity contribution in [3.63, 3.8) is 0 Å². The van der Waals surface area contributed by atoms with Gasteiger partial charge in [0.2, 0.25) is 0 Å². The van der Waals surface area contributed by atoms with E-state index in [4.69, 9.17) is 23.4 Å². The molecule has 0 radical (unpaired) electrons. The maximum absolute atomic E-state index is 13.4. The third-order valence-electron chi connectivity index (χ3n) is 7.76. The number of benzene rings is 3. The Hall–Kier alpha value is -4.32. The Bertz CT molecular complexity index is 1750. The van der Waals surface area contributed by atoms with E-state index in [1.807, 2.05) is 0 Å². The average Bonchev–Trinajstić information content (AvgIpc) is 2.98. The number of aromatic hydroxyl groups is 1. The van der Waals surface area contributed by atoms with Crippen molar-refractivity contribution >= 4 is 44.7 Å². The van der Waals surface area contributed by atoms with Crippen molar-refractivity contribution in [2.45, 2.75) is 37.4 Å². The molecule has 3 N–H and O–H groups in total. The second-order valence-corrected chi connectivity index (χ2v) is 9.93. The van der Waals surface area contributed by atoms with E-state index in [1.54, 1.807) is 31.2 Å². The van der Waals surface area contributed by atoms with Crippen LogP contribution in [0.3, 0.4) is 0 Å². The summed E-state index contributed by atoms with van der Waals surface area (Å²) in [6, 6.07) is 6.85. The van der Waals surface area contributed by atoms with E-state index in [1.165, 1.54) is 40.5 Å². The lowest BCUT2D eigenvalue weighted by atomic mass is 9.86. The number of methoxy groups -OCH3 is 3. The topological polar surface area (TPSA) is 148 Å². The SMILES string of the molecule is C=Cc1cc(OC)c2c(c1)c(=O)oc1c2cc(OC)c2c(O)ccc([C@@H]3O[C@H](C)[C@H](O)[C@H](N(C)C(=O)OC)[C@H]3O)c21. The first kappa shape index (κ1) is 28.2. The van der Waals surface area contributed by atoms with Crippen molar-refractivity contribution in [1.29, 1.82) is 0 Å². The smallest absolute Gasteiger partial charge is 0.409 e. The summed E-state index contributed by atoms with van der Waals surface area (Å²) in [5.74, 6) is 0.489. The van der Waals surface area contributed by atoms with Crippen molar-refractivity contribution in [2.24, 2.45) is 0 Å². The average molecular weight is 566 g/mol. The van der Waals surface area contributed by atoms with Crippen LogP contribution in [0.15, 0.2) is 46.1 Å². The molecule has 1 aliphatic heterocycles. The number of phenols is 1. The zero-order valence-corrected chi connectivity index (χ0v) is 23.2.